The lowest BCUT2D eigenvalue weighted by atomic mass is 10.1. The van der Waals surface area contributed by atoms with Gasteiger partial charge in [0.2, 0.25) is 0 Å². The van der Waals surface area contributed by atoms with Gasteiger partial charge in [0.1, 0.15) is 12.4 Å². The van der Waals surface area contributed by atoms with E-state index in [0.29, 0.717) is 5.56 Å². The summed E-state index contributed by atoms with van der Waals surface area (Å²) < 4.78 is 38.5. The SMILES string of the molecule is Cc1ccc(F)c(C(F)(F)CO)c1. The second-order valence-electron chi connectivity index (χ2n) is 2.85. The highest BCUT2D eigenvalue weighted by atomic mass is 19.3. The molecule has 0 fully saturated rings. The van der Waals surface area contributed by atoms with E-state index < -0.39 is 23.9 Å². The molecule has 1 nitrogen and oxygen atoms in total. The van der Waals surface area contributed by atoms with Gasteiger partial charge in [0.25, 0.3) is 5.92 Å². The zero-order valence-corrected chi connectivity index (χ0v) is 7.02. The van der Waals surface area contributed by atoms with E-state index in [2.05, 4.69) is 0 Å². The third-order valence-corrected chi connectivity index (χ3v) is 1.71. The summed E-state index contributed by atoms with van der Waals surface area (Å²) in [6.45, 7) is 0.198. The van der Waals surface area contributed by atoms with Gasteiger partial charge in [-0.15, -0.1) is 0 Å². The van der Waals surface area contributed by atoms with Crippen molar-refractivity contribution in [1.82, 2.24) is 0 Å². The van der Waals surface area contributed by atoms with Crippen molar-refractivity contribution in [2.75, 3.05) is 6.61 Å². The molecule has 0 atom stereocenters. The second-order valence-corrected chi connectivity index (χ2v) is 2.85. The average molecular weight is 190 g/mol. The van der Waals surface area contributed by atoms with Gasteiger partial charge < -0.3 is 5.11 Å². The van der Waals surface area contributed by atoms with Crippen molar-refractivity contribution in [3.05, 3.63) is 35.1 Å². The molecular weight excluding hydrogens is 181 g/mol. The van der Waals surface area contributed by atoms with Gasteiger partial charge in [0.05, 0.1) is 5.56 Å². The van der Waals surface area contributed by atoms with Crippen molar-refractivity contribution < 1.29 is 18.3 Å². The Bertz CT molecular complexity index is 310. The third kappa shape index (κ3) is 2.01. The summed E-state index contributed by atoms with van der Waals surface area (Å²) in [5, 5.41) is 8.35. The van der Waals surface area contributed by atoms with Gasteiger partial charge in [-0.2, -0.15) is 8.78 Å². The highest BCUT2D eigenvalue weighted by molar-refractivity contribution is 5.27. The van der Waals surface area contributed by atoms with Gasteiger partial charge in [0.15, 0.2) is 0 Å². The minimum Gasteiger partial charge on any atom is -0.390 e. The topological polar surface area (TPSA) is 20.2 Å². The molecule has 0 bridgehead atoms. The monoisotopic (exact) mass is 190 g/mol. The summed E-state index contributed by atoms with van der Waals surface area (Å²) in [6, 6.07) is 3.39. The molecule has 0 unspecified atom stereocenters. The number of rotatable bonds is 2. The van der Waals surface area contributed by atoms with Crippen LogP contribution in [-0.2, 0) is 5.92 Å². The van der Waals surface area contributed by atoms with Crippen LogP contribution in [0.5, 0.6) is 0 Å². The van der Waals surface area contributed by atoms with Crippen LogP contribution in [0.25, 0.3) is 0 Å². The Labute approximate surface area is 73.8 Å². The van der Waals surface area contributed by atoms with Crippen LogP contribution in [0.3, 0.4) is 0 Å². The fraction of sp³-hybridized carbons (Fsp3) is 0.333. The first kappa shape index (κ1) is 10.1. The molecule has 1 N–H and O–H groups in total. The van der Waals surface area contributed by atoms with Crippen molar-refractivity contribution in [2.45, 2.75) is 12.8 Å². The molecule has 0 saturated carbocycles. The number of aliphatic hydroxyl groups is 1. The molecule has 0 aliphatic heterocycles. The molecule has 4 heteroatoms. The van der Waals surface area contributed by atoms with Crippen LogP contribution < -0.4 is 0 Å². The lowest BCUT2D eigenvalue weighted by molar-refractivity contribution is -0.0583. The van der Waals surface area contributed by atoms with Gasteiger partial charge in [0, 0.05) is 0 Å². The molecule has 0 saturated heterocycles. The van der Waals surface area contributed by atoms with Gasteiger partial charge >= 0.3 is 0 Å². The molecule has 0 aliphatic rings. The summed E-state index contributed by atoms with van der Waals surface area (Å²) >= 11 is 0. The fourth-order valence-electron chi connectivity index (χ4n) is 1.00. The zero-order chi connectivity index (χ0) is 10.1. The summed E-state index contributed by atoms with van der Waals surface area (Å²) in [6.07, 6.45) is 0. The maximum Gasteiger partial charge on any atom is 0.298 e. The van der Waals surface area contributed by atoms with Crippen molar-refractivity contribution >= 4 is 0 Å². The second kappa shape index (κ2) is 3.38. The Kier molecular flexibility index (Phi) is 2.61. The number of aryl methyl sites for hydroxylation is 1. The quantitative estimate of drug-likeness (QED) is 0.758. The number of hydrogen-bond donors (Lipinski definition) is 1. The summed E-state index contributed by atoms with van der Waals surface area (Å²) in [5.41, 5.74) is -0.223. The maximum absolute atomic E-state index is 12.9. The molecule has 0 aromatic heterocycles. The smallest absolute Gasteiger partial charge is 0.298 e. The standard InChI is InChI=1S/C9H9F3O/c1-6-2-3-8(10)7(4-6)9(11,12)5-13/h2-4,13H,5H2,1H3. The lowest BCUT2D eigenvalue weighted by Crippen LogP contribution is -2.20. The van der Waals surface area contributed by atoms with E-state index in [0.717, 1.165) is 12.1 Å². The predicted molar refractivity (Wildman–Crippen MR) is 42.1 cm³/mol. The first-order valence-corrected chi connectivity index (χ1v) is 3.72. The van der Waals surface area contributed by atoms with Crippen molar-refractivity contribution in [2.24, 2.45) is 0 Å². The number of hydrogen-bond acceptors (Lipinski definition) is 1. The molecule has 1 rings (SSSR count). The van der Waals surface area contributed by atoms with Gasteiger partial charge in [-0.1, -0.05) is 11.6 Å². The van der Waals surface area contributed by atoms with E-state index in [1.165, 1.54) is 6.07 Å². The summed E-state index contributed by atoms with van der Waals surface area (Å²) in [7, 11) is 0. The molecule has 13 heavy (non-hydrogen) atoms. The van der Waals surface area contributed by atoms with Crippen molar-refractivity contribution in [3.8, 4) is 0 Å². The highest BCUT2D eigenvalue weighted by Crippen LogP contribution is 2.29. The lowest BCUT2D eigenvalue weighted by Gasteiger charge is -2.14. The molecular formula is C9H9F3O. The van der Waals surface area contributed by atoms with Crippen LogP contribution in [0.4, 0.5) is 13.2 Å². The Morgan fingerprint density at radius 2 is 2.00 bits per heavy atom. The maximum atomic E-state index is 12.9. The minimum atomic E-state index is -3.50. The number of benzene rings is 1. The van der Waals surface area contributed by atoms with Crippen LogP contribution in [0.2, 0.25) is 0 Å². The first-order valence-electron chi connectivity index (χ1n) is 3.72. The van der Waals surface area contributed by atoms with Crippen LogP contribution >= 0.6 is 0 Å². The van der Waals surface area contributed by atoms with E-state index in [1.807, 2.05) is 0 Å². The number of halogens is 3. The normalized spacial score (nSPS) is 11.8. The van der Waals surface area contributed by atoms with Crippen LogP contribution in [-0.4, -0.2) is 11.7 Å². The van der Waals surface area contributed by atoms with Gasteiger partial charge in [-0.25, -0.2) is 4.39 Å². The highest BCUT2D eigenvalue weighted by Gasteiger charge is 2.33. The molecule has 0 aliphatic carbocycles. The van der Waals surface area contributed by atoms with E-state index in [4.69, 9.17) is 5.11 Å². The number of alkyl halides is 2. The fourth-order valence-corrected chi connectivity index (χ4v) is 1.00. The first-order chi connectivity index (χ1) is 5.97. The predicted octanol–water partition coefficient (Wildman–Crippen LogP) is 2.22. The van der Waals surface area contributed by atoms with E-state index in [1.54, 1.807) is 6.92 Å². The molecule has 1 aromatic carbocycles. The van der Waals surface area contributed by atoms with Crippen LogP contribution in [0.1, 0.15) is 11.1 Å². The Morgan fingerprint density at radius 1 is 1.38 bits per heavy atom. The molecule has 0 spiro atoms. The van der Waals surface area contributed by atoms with Gasteiger partial charge in [-0.05, 0) is 19.1 Å². The Morgan fingerprint density at radius 3 is 2.54 bits per heavy atom. The van der Waals surface area contributed by atoms with Gasteiger partial charge in [-0.3, -0.25) is 0 Å². The molecule has 72 valence electrons. The van der Waals surface area contributed by atoms with Crippen LogP contribution in [0, 0.1) is 12.7 Å². The third-order valence-electron chi connectivity index (χ3n) is 1.71. The van der Waals surface area contributed by atoms with Crippen molar-refractivity contribution in [3.63, 3.8) is 0 Å². The molecule has 1 aromatic rings. The minimum absolute atomic E-state index is 0.532. The van der Waals surface area contributed by atoms with E-state index in [-0.39, 0.29) is 0 Å². The number of aliphatic hydroxyl groups excluding tert-OH is 1. The summed E-state index contributed by atoms with van der Waals surface area (Å²) in [5.74, 6) is -4.50. The zero-order valence-electron chi connectivity index (χ0n) is 7.02. The Balaban J connectivity index is 3.20. The van der Waals surface area contributed by atoms with E-state index >= 15 is 0 Å². The summed E-state index contributed by atoms with van der Waals surface area (Å²) in [4.78, 5) is 0. The molecule has 0 radical (unpaired) electrons. The molecule has 0 heterocycles. The average Bonchev–Trinajstić information content (AvgIpc) is 2.09. The van der Waals surface area contributed by atoms with E-state index in [9.17, 15) is 13.2 Å². The largest absolute Gasteiger partial charge is 0.390 e. The van der Waals surface area contributed by atoms with Crippen molar-refractivity contribution in [1.29, 1.82) is 0 Å². The van der Waals surface area contributed by atoms with Crippen LogP contribution in [0.15, 0.2) is 18.2 Å². The molecule has 0 amide bonds. The Hall–Kier alpha value is -1.03.